The number of para-hydroxylation sites is 1. The molecular weight excluding hydrogens is 398 g/mol. The third-order valence-electron chi connectivity index (χ3n) is 4.69. The summed E-state index contributed by atoms with van der Waals surface area (Å²) in [6.07, 6.45) is 0. The molecule has 2 N–H and O–H groups in total. The average molecular weight is 422 g/mol. The lowest BCUT2D eigenvalue weighted by atomic mass is 10.1. The van der Waals surface area contributed by atoms with Gasteiger partial charge in [0.1, 0.15) is 0 Å². The van der Waals surface area contributed by atoms with Crippen LogP contribution in [0.5, 0.6) is 0 Å². The van der Waals surface area contributed by atoms with Crippen molar-refractivity contribution < 1.29 is 9.59 Å². The summed E-state index contributed by atoms with van der Waals surface area (Å²) in [4.78, 5) is 26.8. The molecule has 154 valence electrons. The van der Waals surface area contributed by atoms with Crippen LogP contribution in [-0.2, 0) is 4.79 Å². The summed E-state index contributed by atoms with van der Waals surface area (Å²) in [6.45, 7) is 4.53. The molecule has 6 heteroatoms. The molecule has 3 aromatic rings. The molecule has 0 heterocycles. The van der Waals surface area contributed by atoms with Crippen LogP contribution >= 0.6 is 11.6 Å². The molecule has 0 fully saturated rings. The van der Waals surface area contributed by atoms with Crippen molar-refractivity contribution in [1.82, 2.24) is 0 Å². The predicted octanol–water partition coefficient (Wildman–Crippen LogP) is 5.37. The molecule has 0 atom stereocenters. The lowest BCUT2D eigenvalue weighted by Gasteiger charge is -2.21. The predicted molar refractivity (Wildman–Crippen MR) is 124 cm³/mol. The molecule has 5 nitrogen and oxygen atoms in total. The van der Waals surface area contributed by atoms with Gasteiger partial charge in [0.05, 0.1) is 6.54 Å². The smallest absolute Gasteiger partial charge is 0.258 e. The molecule has 0 aliphatic carbocycles. The Kier molecular flexibility index (Phi) is 7.09. The number of nitrogens with one attached hydrogen (secondary N) is 2. The van der Waals surface area contributed by atoms with Crippen molar-refractivity contribution in [2.75, 3.05) is 28.6 Å². The van der Waals surface area contributed by atoms with Gasteiger partial charge in [0.15, 0.2) is 0 Å². The molecule has 0 aromatic heterocycles. The van der Waals surface area contributed by atoms with E-state index in [0.717, 1.165) is 16.9 Å². The van der Waals surface area contributed by atoms with E-state index in [1.54, 1.807) is 41.3 Å². The Morgan fingerprint density at radius 2 is 1.67 bits per heavy atom. The van der Waals surface area contributed by atoms with E-state index in [-0.39, 0.29) is 18.4 Å². The van der Waals surface area contributed by atoms with Crippen molar-refractivity contribution >= 4 is 40.5 Å². The Morgan fingerprint density at radius 3 is 2.33 bits per heavy atom. The minimum absolute atomic E-state index is 0.0653. The van der Waals surface area contributed by atoms with Crippen LogP contribution < -0.4 is 15.5 Å². The molecule has 0 bridgehead atoms. The molecule has 0 spiro atoms. The van der Waals surface area contributed by atoms with Gasteiger partial charge in [-0.05, 0) is 67.9 Å². The molecular formula is C24H24ClN3O2. The highest BCUT2D eigenvalue weighted by molar-refractivity contribution is 6.31. The number of carbonyl (C=O) groups excluding carboxylic acids is 2. The Morgan fingerprint density at radius 1 is 0.967 bits per heavy atom. The Bertz CT molecular complexity index is 1020. The van der Waals surface area contributed by atoms with E-state index in [1.165, 1.54) is 0 Å². The molecule has 30 heavy (non-hydrogen) atoms. The number of hydrogen-bond donors (Lipinski definition) is 2. The number of aryl methyl sites for hydroxylation is 1. The topological polar surface area (TPSA) is 61.4 Å². The minimum atomic E-state index is -0.179. The van der Waals surface area contributed by atoms with Crippen LogP contribution in [0.25, 0.3) is 0 Å². The van der Waals surface area contributed by atoms with Crippen molar-refractivity contribution in [3.63, 3.8) is 0 Å². The summed E-state index contributed by atoms with van der Waals surface area (Å²) in [5.74, 6) is -0.244. The van der Waals surface area contributed by atoms with E-state index in [0.29, 0.717) is 22.8 Å². The zero-order valence-corrected chi connectivity index (χ0v) is 17.7. The van der Waals surface area contributed by atoms with Crippen molar-refractivity contribution in [3.8, 4) is 0 Å². The quantitative estimate of drug-likeness (QED) is 0.539. The molecule has 0 aliphatic heterocycles. The van der Waals surface area contributed by atoms with Gasteiger partial charge >= 0.3 is 0 Å². The molecule has 0 radical (unpaired) electrons. The second-order valence-electron chi connectivity index (χ2n) is 6.82. The number of anilines is 3. The van der Waals surface area contributed by atoms with Crippen LogP contribution in [-0.4, -0.2) is 24.9 Å². The highest BCUT2D eigenvalue weighted by Gasteiger charge is 2.15. The van der Waals surface area contributed by atoms with Gasteiger partial charge in [-0.2, -0.15) is 0 Å². The zero-order valence-electron chi connectivity index (χ0n) is 17.0. The van der Waals surface area contributed by atoms with E-state index >= 15 is 0 Å². The van der Waals surface area contributed by atoms with Gasteiger partial charge < -0.3 is 15.5 Å². The number of nitrogens with zero attached hydrogens (tertiary/aromatic N) is 1. The van der Waals surface area contributed by atoms with Crippen molar-refractivity contribution in [3.05, 3.63) is 88.9 Å². The first kappa shape index (κ1) is 21.4. The Labute approximate surface area is 181 Å². The van der Waals surface area contributed by atoms with Gasteiger partial charge in [-0.1, -0.05) is 35.9 Å². The molecule has 0 unspecified atom stereocenters. The second kappa shape index (κ2) is 9.94. The zero-order chi connectivity index (χ0) is 21.5. The van der Waals surface area contributed by atoms with Crippen LogP contribution in [0.3, 0.4) is 0 Å². The summed E-state index contributed by atoms with van der Waals surface area (Å²) in [7, 11) is 0. The second-order valence-corrected chi connectivity index (χ2v) is 7.26. The van der Waals surface area contributed by atoms with Crippen LogP contribution in [0.15, 0.2) is 72.8 Å². The third kappa shape index (κ3) is 5.39. The van der Waals surface area contributed by atoms with Crippen LogP contribution in [0, 0.1) is 6.92 Å². The monoisotopic (exact) mass is 421 g/mol. The van der Waals surface area contributed by atoms with Gasteiger partial charge in [-0.25, -0.2) is 0 Å². The summed E-state index contributed by atoms with van der Waals surface area (Å²) in [6, 6.07) is 22.0. The number of halogens is 1. The van der Waals surface area contributed by atoms with E-state index in [9.17, 15) is 9.59 Å². The van der Waals surface area contributed by atoms with E-state index in [1.807, 2.05) is 50.2 Å². The number of carbonyl (C=O) groups is 2. The molecule has 3 rings (SSSR count). The van der Waals surface area contributed by atoms with Crippen molar-refractivity contribution in [2.45, 2.75) is 13.8 Å². The molecule has 0 saturated carbocycles. The average Bonchev–Trinajstić information content (AvgIpc) is 2.76. The molecule has 2 amide bonds. The van der Waals surface area contributed by atoms with Gasteiger partial charge in [-0.15, -0.1) is 0 Å². The standard InChI is InChI=1S/C24H24ClN3O2/c1-3-28(21-7-5-4-6-8-21)24(30)18-10-13-20(14-11-18)26-16-23(29)27-22-15-19(25)12-9-17(22)2/h4-15,26H,3,16H2,1-2H3,(H,27,29). The number of rotatable bonds is 7. The van der Waals surface area contributed by atoms with Gasteiger partial charge in [0.2, 0.25) is 5.91 Å². The first-order valence-corrected chi connectivity index (χ1v) is 10.1. The fourth-order valence-electron chi connectivity index (χ4n) is 3.04. The lowest BCUT2D eigenvalue weighted by molar-refractivity contribution is -0.114. The maximum Gasteiger partial charge on any atom is 0.258 e. The summed E-state index contributed by atoms with van der Waals surface area (Å²) in [5.41, 5.74) is 3.84. The normalized spacial score (nSPS) is 10.4. The van der Waals surface area contributed by atoms with Gasteiger partial charge in [0.25, 0.3) is 5.91 Å². The highest BCUT2D eigenvalue weighted by Crippen LogP contribution is 2.20. The van der Waals surface area contributed by atoms with E-state index < -0.39 is 0 Å². The van der Waals surface area contributed by atoms with Crippen LogP contribution in [0.2, 0.25) is 5.02 Å². The maximum atomic E-state index is 12.8. The summed E-state index contributed by atoms with van der Waals surface area (Å²) >= 11 is 5.99. The van der Waals surface area contributed by atoms with Crippen LogP contribution in [0.1, 0.15) is 22.8 Å². The van der Waals surface area contributed by atoms with Crippen LogP contribution in [0.4, 0.5) is 17.1 Å². The Hall–Kier alpha value is -3.31. The number of amides is 2. The number of hydrogen-bond acceptors (Lipinski definition) is 3. The molecule has 0 aliphatic rings. The fourth-order valence-corrected chi connectivity index (χ4v) is 3.22. The SMILES string of the molecule is CCN(C(=O)c1ccc(NCC(=O)Nc2cc(Cl)ccc2C)cc1)c1ccccc1. The largest absolute Gasteiger partial charge is 0.376 e. The first-order chi connectivity index (χ1) is 14.5. The number of benzene rings is 3. The third-order valence-corrected chi connectivity index (χ3v) is 4.92. The summed E-state index contributed by atoms with van der Waals surface area (Å²) < 4.78 is 0. The van der Waals surface area contributed by atoms with E-state index in [2.05, 4.69) is 10.6 Å². The Balaban J connectivity index is 1.59. The molecule has 3 aromatic carbocycles. The van der Waals surface area contributed by atoms with Crippen molar-refractivity contribution in [1.29, 1.82) is 0 Å². The highest BCUT2D eigenvalue weighted by atomic mass is 35.5. The fraction of sp³-hybridized carbons (Fsp3) is 0.167. The molecule has 0 saturated heterocycles. The first-order valence-electron chi connectivity index (χ1n) is 9.74. The minimum Gasteiger partial charge on any atom is -0.376 e. The summed E-state index contributed by atoms with van der Waals surface area (Å²) in [5, 5.41) is 6.48. The maximum absolute atomic E-state index is 12.8. The van der Waals surface area contributed by atoms with Gasteiger partial charge in [0, 0.05) is 34.2 Å². The van der Waals surface area contributed by atoms with Crippen molar-refractivity contribution in [2.24, 2.45) is 0 Å². The lowest BCUT2D eigenvalue weighted by Crippen LogP contribution is -2.30. The van der Waals surface area contributed by atoms with Gasteiger partial charge in [-0.3, -0.25) is 9.59 Å². The van der Waals surface area contributed by atoms with E-state index in [4.69, 9.17) is 11.6 Å².